The lowest BCUT2D eigenvalue weighted by Gasteiger charge is -2.49. The van der Waals surface area contributed by atoms with Gasteiger partial charge in [0.2, 0.25) is 6.41 Å². The fraction of sp³-hybridized carbons (Fsp3) is 0.227. The van der Waals surface area contributed by atoms with Crippen molar-refractivity contribution in [1.82, 2.24) is 20.2 Å². The van der Waals surface area contributed by atoms with E-state index in [-0.39, 0.29) is 28.8 Å². The number of rotatable bonds is 10. The molecule has 2 aliphatic heterocycles. The van der Waals surface area contributed by atoms with E-state index in [2.05, 4.69) is 25.8 Å². The third-order valence-electron chi connectivity index (χ3n) is 5.08. The average molecular weight is 529 g/mol. The Morgan fingerprint density at radius 1 is 1.39 bits per heavy atom. The number of β-lactam (4-membered cyclic amide) rings is 1. The predicted octanol–water partition coefficient (Wildman–Crippen LogP) is 1.30. The van der Waals surface area contributed by atoms with Crippen LogP contribution in [0.5, 0.6) is 0 Å². The van der Waals surface area contributed by atoms with Crippen LogP contribution in [-0.4, -0.2) is 73.7 Å². The second-order valence-electron chi connectivity index (χ2n) is 7.32. The number of nitrogens with one attached hydrogen (secondary N) is 2. The van der Waals surface area contributed by atoms with Crippen LogP contribution in [0.25, 0.3) is 6.08 Å². The number of oxime groups is 1. The van der Waals surface area contributed by atoms with Crippen LogP contribution in [0.15, 0.2) is 52.4 Å². The number of anilines is 1. The van der Waals surface area contributed by atoms with E-state index in [1.54, 1.807) is 37.5 Å². The molecule has 4 rings (SSSR count). The van der Waals surface area contributed by atoms with E-state index in [4.69, 9.17) is 4.84 Å². The van der Waals surface area contributed by atoms with Gasteiger partial charge in [-0.15, -0.1) is 23.1 Å². The first-order valence-corrected chi connectivity index (χ1v) is 12.5. The summed E-state index contributed by atoms with van der Waals surface area (Å²) >= 11 is 2.42. The third kappa shape index (κ3) is 5.13. The summed E-state index contributed by atoms with van der Waals surface area (Å²) in [5.41, 5.74) is 1.12. The minimum Gasteiger partial charge on any atom is -0.477 e. The lowest BCUT2D eigenvalue weighted by molar-refractivity contribution is -0.150. The molecule has 0 aromatic carbocycles. The van der Waals surface area contributed by atoms with Gasteiger partial charge in [-0.25, -0.2) is 9.78 Å². The smallest absolute Gasteiger partial charge is 0.352 e. The molecule has 14 heteroatoms. The Morgan fingerprint density at radius 3 is 2.92 bits per heavy atom. The highest BCUT2D eigenvalue weighted by Crippen LogP contribution is 2.40. The topological polar surface area (TPSA) is 163 Å². The van der Waals surface area contributed by atoms with Crippen LogP contribution in [0.1, 0.15) is 18.2 Å². The van der Waals surface area contributed by atoms with Gasteiger partial charge >= 0.3 is 5.97 Å². The second-order valence-corrected chi connectivity index (χ2v) is 9.28. The first-order valence-electron chi connectivity index (χ1n) is 10.6. The fourth-order valence-electron chi connectivity index (χ4n) is 3.48. The number of carboxylic acid groups (broad SMARTS) is 1. The lowest BCUT2D eigenvalue weighted by Crippen LogP contribution is -2.71. The molecule has 2 aliphatic rings. The van der Waals surface area contributed by atoms with Gasteiger partial charge in [0.1, 0.15) is 29.4 Å². The Kier molecular flexibility index (Phi) is 7.75. The molecule has 2 aromatic rings. The van der Waals surface area contributed by atoms with E-state index in [1.165, 1.54) is 22.0 Å². The molecule has 3 N–H and O–H groups in total. The number of thiazole rings is 1. The Balaban J connectivity index is 1.52. The maximum Gasteiger partial charge on any atom is 0.352 e. The van der Waals surface area contributed by atoms with Crippen molar-refractivity contribution in [3.63, 3.8) is 0 Å². The van der Waals surface area contributed by atoms with Crippen molar-refractivity contribution < 1.29 is 29.1 Å². The Morgan fingerprint density at radius 2 is 2.22 bits per heavy atom. The molecule has 36 heavy (non-hydrogen) atoms. The van der Waals surface area contributed by atoms with E-state index in [0.717, 1.165) is 16.9 Å². The van der Waals surface area contributed by atoms with E-state index >= 15 is 0 Å². The molecule has 2 atom stereocenters. The van der Waals surface area contributed by atoms with Crippen LogP contribution in [0.4, 0.5) is 5.13 Å². The quantitative estimate of drug-likeness (QED) is 0.178. The van der Waals surface area contributed by atoms with Gasteiger partial charge in [-0.2, -0.15) is 0 Å². The van der Waals surface area contributed by atoms with Gasteiger partial charge in [0.25, 0.3) is 11.8 Å². The number of fused-ring (bicyclic) bond motifs is 1. The SMILES string of the molecule is CCO/N=C(\C(=O)NC1C(=O)N2C(C(=O)O)=C(/C=C/c3cccnc3)CS[C@H]12)c1csc(NC=O)n1. The van der Waals surface area contributed by atoms with Gasteiger partial charge in [0, 0.05) is 23.5 Å². The average Bonchev–Trinajstić information content (AvgIpc) is 3.34. The molecule has 1 saturated heterocycles. The maximum atomic E-state index is 13.0. The minimum atomic E-state index is -1.24. The van der Waals surface area contributed by atoms with Crippen molar-refractivity contribution in [2.45, 2.75) is 18.3 Å². The molecule has 0 bridgehead atoms. The number of hydrogen-bond acceptors (Lipinski definition) is 10. The van der Waals surface area contributed by atoms with Gasteiger partial charge in [-0.3, -0.25) is 24.3 Å². The fourth-order valence-corrected chi connectivity index (χ4v) is 5.46. The number of hydrogen-bond donors (Lipinski definition) is 3. The number of amides is 3. The number of thioether (sulfide) groups is 1. The monoisotopic (exact) mass is 528 g/mol. The number of carbonyl (C=O) groups is 4. The largest absolute Gasteiger partial charge is 0.477 e. The summed E-state index contributed by atoms with van der Waals surface area (Å²) in [5.74, 6) is -2.18. The van der Waals surface area contributed by atoms with Crippen LogP contribution in [-0.2, 0) is 24.0 Å². The Bertz CT molecular complexity index is 1270. The van der Waals surface area contributed by atoms with Crippen molar-refractivity contribution in [2.24, 2.45) is 5.16 Å². The van der Waals surface area contributed by atoms with E-state index in [1.807, 2.05) is 6.07 Å². The van der Waals surface area contributed by atoms with Gasteiger partial charge in [-0.1, -0.05) is 23.4 Å². The number of aromatic nitrogens is 2. The number of pyridine rings is 1. The zero-order valence-electron chi connectivity index (χ0n) is 18.8. The third-order valence-corrected chi connectivity index (χ3v) is 7.15. The number of nitrogens with zero attached hydrogens (tertiary/aromatic N) is 4. The molecule has 12 nitrogen and oxygen atoms in total. The summed E-state index contributed by atoms with van der Waals surface area (Å²) in [6, 6.07) is 2.63. The zero-order valence-corrected chi connectivity index (χ0v) is 20.4. The van der Waals surface area contributed by atoms with E-state index in [0.29, 0.717) is 17.7 Å². The van der Waals surface area contributed by atoms with Crippen molar-refractivity contribution in [1.29, 1.82) is 0 Å². The zero-order chi connectivity index (χ0) is 25.7. The van der Waals surface area contributed by atoms with Gasteiger partial charge < -0.3 is 20.6 Å². The molecule has 3 amide bonds. The minimum absolute atomic E-state index is 0.123. The van der Waals surface area contributed by atoms with Crippen LogP contribution in [0.2, 0.25) is 0 Å². The Labute approximate surface area is 213 Å². The summed E-state index contributed by atoms with van der Waals surface area (Å²) in [4.78, 5) is 63.0. The van der Waals surface area contributed by atoms with Crippen molar-refractivity contribution in [2.75, 3.05) is 17.7 Å². The summed E-state index contributed by atoms with van der Waals surface area (Å²) in [6.07, 6.45) is 7.11. The standard InChI is InChI=1S/C22H20N6O6S2/c1-2-34-27-15(14-10-36-22(25-14)24-11-29)18(30)26-16-19(31)28-17(21(32)33)13(9-35-20(16)28)6-5-12-4-3-7-23-8-12/h3-8,10-11,16,20H,2,9H2,1H3,(H,26,30)(H,32,33)(H,24,25,29)/b6-5+,27-15-/t16?,20-/m1/s1. The maximum absolute atomic E-state index is 13.0. The number of carbonyl (C=O) groups excluding carboxylic acids is 3. The highest BCUT2D eigenvalue weighted by atomic mass is 32.2. The highest BCUT2D eigenvalue weighted by Gasteiger charge is 2.54. The molecule has 186 valence electrons. The lowest BCUT2D eigenvalue weighted by atomic mass is 10.0. The Hall–Kier alpha value is -4.04. The molecule has 0 spiro atoms. The summed E-state index contributed by atoms with van der Waals surface area (Å²) in [6.45, 7) is 1.88. The number of carboxylic acids is 1. The summed E-state index contributed by atoms with van der Waals surface area (Å²) < 4.78 is 0. The first kappa shape index (κ1) is 25.1. The van der Waals surface area contributed by atoms with Crippen molar-refractivity contribution in [3.8, 4) is 0 Å². The van der Waals surface area contributed by atoms with E-state index in [9.17, 15) is 24.3 Å². The molecule has 2 aromatic heterocycles. The molecule has 4 heterocycles. The second kappa shape index (κ2) is 11.1. The predicted molar refractivity (Wildman–Crippen MR) is 133 cm³/mol. The van der Waals surface area contributed by atoms with Gasteiger partial charge in [-0.05, 0) is 24.1 Å². The van der Waals surface area contributed by atoms with Crippen molar-refractivity contribution in [3.05, 3.63) is 58.5 Å². The summed E-state index contributed by atoms with van der Waals surface area (Å²) in [5, 5.41) is 19.8. The normalized spacial score (nSPS) is 19.5. The number of aliphatic carboxylic acids is 1. The summed E-state index contributed by atoms with van der Waals surface area (Å²) in [7, 11) is 0. The molecular formula is C22H20N6O6S2. The molecule has 1 unspecified atom stereocenters. The van der Waals surface area contributed by atoms with Crippen molar-refractivity contribution >= 4 is 64.2 Å². The highest BCUT2D eigenvalue weighted by molar-refractivity contribution is 8.00. The van der Waals surface area contributed by atoms with Crippen LogP contribution >= 0.6 is 23.1 Å². The number of allylic oxidation sites excluding steroid dienone is 1. The van der Waals surface area contributed by atoms with E-state index < -0.39 is 29.2 Å². The molecule has 0 aliphatic carbocycles. The van der Waals surface area contributed by atoms with Gasteiger partial charge in [0.05, 0.1) is 0 Å². The molecule has 0 radical (unpaired) electrons. The van der Waals surface area contributed by atoms with Crippen LogP contribution < -0.4 is 10.6 Å². The molecule has 0 saturated carbocycles. The molecular weight excluding hydrogens is 508 g/mol. The first-order chi connectivity index (χ1) is 17.4. The van der Waals surface area contributed by atoms with Crippen LogP contribution in [0.3, 0.4) is 0 Å². The van der Waals surface area contributed by atoms with Gasteiger partial charge in [0.15, 0.2) is 10.8 Å². The molecule has 1 fully saturated rings. The van der Waals surface area contributed by atoms with Crippen LogP contribution in [0, 0.1) is 0 Å².